The molecule has 1 atom stereocenters. The van der Waals surface area contributed by atoms with Crippen LogP contribution in [-0.2, 0) is 0 Å². The Morgan fingerprint density at radius 1 is 1.14 bits per heavy atom. The van der Waals surface area contributed by atoms with Crippen LogP contribution in [0.15, 0.2) is 53.5 Å². The van der Waals surface area contributed by atoms with Gasteiger partial charge in [-0.25, -0.2) is 0 Å². The second-order valence-corrected chi connectivity index (χ2v) is 6.18. The third-order valence-electron chi connectivity index (χ3n) is 3.90. The number of benzene rings is 2. The number of rotatable bonds is 7. The lowest BCUT2D eigenvalue weighted by Crippen LogP contribution is -2.27. The molecular formula is C19H24F3IN4O2. The van der Waals surface area contributed by atoms with Gasteiger partial charge in [0.2, 0.25) is 0 Å². The Balaban J connectivity index is 0.00000420. The minimum Gasteiger partial charge on any atom is -0.497 e. The number of likely N-dealkylation sites (N-methyl/N-ethyl adjacent to an activating group) is 1. The van der Waals surface area contributed by atoms with Crippen LogP contribution < -0.4 is 20.5 Å². The maximum atomic E-state index is 12.2. The predicted octanol–water partition coefficient (Wildman–Crippen LogP) is 4.24. The number of methoxy groups -OCH3 is 1. The van der Waals surface area contributed by atoms with E-state index < -0.39 is 6.36 Å². The molecule has 0 amide bonds. The van der Waals surface area contributed by atoms with E-state index in [1.54, 1.807) is 7.11 Å². The molecule has 2 rings (SSSR count). The van der Waals surface area contributed by atoms with E-state index in [2.05, 4.69) is 15.0 Å². The predicted molar refractivity (Wildman–Crippen MR) is 118 cm³/mol. The fraction of sp³-hybridized carbons (Fsp3) is 0.316. The lowest BCUT2D eigenvalue weighted by Gasteiger charge is -2.23. The molecule has 6 nitrogen and oxygen atoms in total. The smallest absolute Gasteiger partial charge is 0.497 e. The van der Waals surface area contributed by atoms with Crippen molar-refractivity contribution in [1.82, 2.24) is 4.90 Å². The zero-order valence-corrected chi connectivity index (χ0v) is 18.6. The first-order valence-corrected chi connectivity index (χ1v) is 8.41. The van der Waals surface area contributed by atoms with Crippen LogP contribution in [0.2, 0.25) is 0 Å². The van der Waals surface area contributed by atoms with Gasteiger partial charge in [0.15, 0.2) is 5.96 Å². The highest BCUT2D eigenvalue weighted by atomic mass is 127. The van der Waals surface area contributed by atoms with Crippen molar-refractivity contribution in [1.29, 1.82) is 0 Å². The highest BCUT2D eigenvalue weighted by Gasteiger charge is 2.30. The summed E-state index contributed by atoms with van der Waals surface area (Å²) in [5, 5.41) is 2.85. The Hall–Kier alpha value is -2.21. The van der Waals surface area contributed by atoms with Crippen molar-refractivity contribution < 1.29 is 22.6 Å². The number of hydrogen-bond acceptors (Lipinski definition) is 4. The van der Waals surface area contributed by atoms with E-state index in [4.69, 9.17) is 10.5 Å². The van der Waals surface area contributed by atoms with Crippen LogP contribution in [0.5, 0.6) is 11.5 Å². The monoisotopic (exact) mass is 524 g/mol. The number of halogens is 4. The maximum absolute atomic E-state index is 12.2. The van der Waals surface area contributed by atoms with Gasteiger partial charge in [0.25, 0.3) is 0 Å². The molecule has 0 aliphatic heterocycles. The third-order valence-corrected chi connectivity index (χ3v) is 3.90. The summed E-state index contributed by atoms with van der Waals surface area (Å²) in [5.74, 6) is 0.596. The number of hydrogen-bond donors (Lipinski definition) is 2. The van der Waals surface area contributed by atoms with Crippen molar-refractivity contribution in [2.45, 2.75) is 12.4 Å². The van der Waals surface area contributed by atoms with E-state index in [1.165, 1.54) is 24.3 Å². The van der Waals surface area contributed by atoms with E-state index in [9.17, 15) is 13.2 Å². The molecule has 0 bridgehead atoms. The minimum absolute atomic E-state index is 0. The molecule has 0 radical (unpaired) electrons. The number of anilines is 1. The summed E-state index contributed by atoms with van der Waals surface area (Å²) in [5.41, 5.74) is 7.43. The minimum atomic E-state index is -4.73. The van der Waals surface area contributed by atoms with Gasteiger partial charge in [-0.15, -0.1) is 37.1 Å². The maximum Gasteiger partial charge on any atom is 0.573 e. The Morgan fingerprint density at radius 2 is 1.79 bits per heavy atom. The van der Waals surface area contributed by atoms with Gasteiger partial charge in [0, 0.05) is 5.69 Å². The van der Waals surface area contributed by atoms with Gasteiger partial charge in [0.05, 0.1) is 19.7 Å². The molecule has 2 aromatic rings. The van der Waals surface area contributed by atoms with Crippen LogP contribution >= 0.6 is 24.0 Å². The molecule has 10 heteroatoms. The first kappa shape index (κ1) is 24.8. The summed E-state index contributed by atoms with van der Waals surface area (Å²) in [4.78, 5) is 6.35. The number of alkyl halides is 3. The fourth-order valence-electron chi connectivity index (χ4n) is 2.53. The standard InChI is InChI=1S/C19H23F3N4O2.HI/c1-26(2)17(13-5-4-6-16(11-13)27-3)12-24-18(23)25-14-7-9-15(10-8-14)28-19(20,21)22;/h4-11,17H,12H2,1-3H3,(H3,23,24,25);1H. The van der Waals surface area contributed by atoms with E-state index in [0.29, 0.717) is 12.2 Å². The van der Waals surface area contributed by atoms with Crippen molar-refractivity contribution in [2.75, 3.05) is 33.1 Å². The Bertz CT molecular complexity index is 799. The van der Waals surface area contributed by atoms with Crippen molar-refractivity contribution in [3.63, 3.8) is 0 Å². The lowest BCUT2D eigenvalue weighted by molar-refractivity contribution is -0.274. The summed E-state index contributed by atoms with van der Waals surface area (Å²) in [6.45, 7) is 0.383. The van der Waals surface area contributed by atoms with Crippen LogP contribution in [-0.4, -0.2) is 45.0 Å². The molecule has 0 fully saturated rings. The second-order valence-electron chi connectivity index (χ2n) is 6.18. The summed E-state index contributed by atoms with van der Waals surface area (Å²) >= 11 is 0. The van der Waals surface area contributed by atoms with Gasteiger partial charge in [0.1, 0.15) is 11.5 Å². The quantitative estimate of drug-likeness (QED) is 0.322. The van der Waals surface area contributed by atoms with Crippen molar-refractivity contribution in [2.24, 2.45) is 10.7 Å². The highest BCUT2D eigenvalue weighted by molar-refractivity contribution is 14.0. The Labute approximate surface area is 184 Å². The lowest BCUT2D eigenvalue weighted by atomic mass is 10.1. The summed E-state index contributed by atoms with van der Waals surface area (Å²) in [6.07, 6.45) is -4.73. The first-order valence-electron chi connectivity index (χ1n) is 8.41. The largest absolute Gasteiger partial charge is 0.573 e. The van der Waals surface area contributed by atoms with Crippen LogP contribution in [0.4, 0.5) is 18.9 Å². The molecule has 2 aromatic carbocycles. The van der Waals surface area contributed by atoms with Crippen LogP contribution in [0, 0.1) is 0 Å². The summed E-state index contributed by atoms with van der Waals surface area (Å²) in [7, 11) is 5.47. The van der Waals surface area contributed by atoms with E-state index >= 15 is 0 Å². The molecule has 0 aromatic heterocycles. The number of nitrogens with one attached hydrogen (secondary N) is 1. The average Bonchev–Trinajstić information content (AvgIpc) is 2.62. The highest BCUT2D eigenvalue weighted by Crippen LogP contribution is 2.24. The number of ether oxygens (including phenoxy) is 2. The summed E-state index contributed by atoms with van der Waals surface area (Å²) < 4.78 is 45.7. The van der Waals surface area contributed by atoms with Gasteiger partial charge < -0.3 is 25.4 Å². The first-order chi connectivity index (χ1) is 13.2. The van der Waals surface area contributed by atoms with Crippen LogP contribution in [0.3, 0.4) is 0 Å². The third kappa shape index (κ3) is 8.36. The normalized spacial score (nSPS) is 12.9. The van der Waals surface area contributed by atoms with E-state index in [1.807, 2.05) is 43.3 Å². The molecule has 29 heavy (non-hydrogen) atoms. The van der Waals surface area contributed by atoms with Gasteiger partial charge >= 0.3 is 6.36 Å². The van der Waals surface area contributed by atoms with Crippen LogP contribution in [0.1, 0.15) is 11.6 Å². The average molecular weight is 524 g/mol. The molecule has 160 valence electrons. The van der Waals surface area contributed by atoms with E-state index in [0.717, 1.165) is 11.3 Å². The van der Waals surface area contributed by atoms with Gasteiger partial charge in [-0.3, -0.25) is 4.99 Å². The molecule has 0 heterocycles. The van der Waals surface area contributed by atoms with Gasteiger partial charge in [-0.1, -0.05) is 12.1 Å². The Kier molecular flexibility index (Phi) is 9.50. The molecule has 0 aliphatic rings. The summed E-state index contributed by atoms with van der Waals surface area (Å²) in [6, 6.07) is 12.9. The van der Waals surface area contributed by atoms with Crippen LogP contribution in [0.25, 0.3) is 0 Å². The van der Waals surface area contributed by atoms with Gasteiger partial charge in [-0.2, -0.15) is 0 Å². The molecule has 0 saturated heterocycles. The number of nitrogens with two attached hydrogens (primary N) is 1. The number of nitrogens with zero attached hydrogens (tertiary/aromatic N) is 2. The van der Waals surface area contributed by atoms with E-state index in [-0.39, 0.29) is 41.7 Å². The van der Waals surface area contributed by atoms with Crippen molar-refractivity contribution >= 4 is 35.6 Å². The zero-order valence-electron chi connectivity index (χ0n) is 16.2. The zero-order chi connectivity index (χ0) is 20.7. The number of guanidine groups is 1. The fourth-order valence-corrected chi connectivity index (χ4v) is 2.53. The topological polar surface area (TPSA) is 72.1 Å². The second kappa shape index (κ2) is 11.1. The molecule has 1 unspecified atom stereocenters. The van der Waals surface area contributed by atoms with Gasteiger partial charge in [-0.05, 0) is 56.1 Å². The molecule has 0 spiro atoms. The van der Waals surface area contributed by atoms with Crippen molar-refractivity contribution in [3.05, 3.63) is 54.1 Å². The Morgan fingerprint density at radius 3 is 2.34 bits per heavy atom. The SMILES string of the molecule is COc1cccc(C(CN=C(N)Nc2ccc(OC(F)(F)F)cc2)N(C)C)c1.I. The molecular weight excluding hydrogens is 500 g/mol. The van der Waals surface area contributed by atoms with Crippen molar-refractivity contribution in [3.8, 4) is 11.5 Å². The molecule has 3 N–H and O–H groups in total. The molecule has 0 saturated carbocycles. The molecule has 0 aliphatic carbocycles. The number of aliphatic imine (C=N–C) groups is 1.